The van der Waals surface area contributed by atoms with Gasteiger partial charge in [-0.25, -0.2) is 0 Å². The van der Waals surface area contributed by atoms with E-state index in [4.69, 9.17) is 14.2 Å². The Bertz CT molecular complexity index is 404. The van der Waals surface area contributed by atoms with Gasteiger partial charge in [-0.2, -0.15) is 16.8 Å². The van der Waals surface area contributed by atoms with Crippen LogP contribution in [0.5, 0.6) is 0 Å². The van der Waals surface area contributed by atoms with Crippen LogP contribution in [0.4, 0.5) is 0 Å². The van der Waals surface area contributed by atoms with Gasteiger partial charge in [0.1, 0.15) is 5.75 Å². The molecule has 15 heavy (non-hydrogen) atoms. The summed E-state index contributed by atoms with van der Waals surface area (Å²) in [5.74, 6) is -3.64. The van der Waals surface area contributed by atoms with E-state index >= 15 is 0 Å². The molecule has 0 saturated carbocycles. The summed E-state index contributed by atoms with van der Waals surface area (Å²) in [6, 6.07) is 0. The lowest BCUT2D eigenvalue weighted by Crippen LogP contribution is -2.36. The van der Waals surface area contributed by atoms with E-state index in [1.54, 1.807) is 0 Å². The average molecular weight is 262 g/mol. The molecule has 0 radical (unpaired) electrons. The topological polar surface area (TPSA) is 146 Å². The molecule has 0 amide bonds. The summed E-state index contributed by atoms with van der Waals surface area (Å²) in [6.45, 7) is 6.00. The number of hydrogen-bond donors (Lipinski definition) is 3. The van der Waals surface area contributed by atoms with Crippen LogP contribution in [0.25, 0.3) is 0 Å². The first-order valence-electron chi connectivity index (χ1n) is 3.18. The minimum absolute atomic E-state index is 1.58. The van der Waals surface area contributed by atoms with Crippen molar-refractivity contribution >= 4 is 26.2 Å². The Kier molecular flexibility index (Phi) is 6.37. The van der Waals surface area contributed by atoms with Gasteiger partial charge in [-0.15, -0.1) is 13.2 Å². The number of carbonyl (C=O) groups is 1. The van der Waals surface area contributed by atoms with Gasteiger partial charge in [-0.1, -0.05) is 0 Å². The fourth-order valence-corrected chi connectivity index (χ4v) is 2.46. The largest absolute Gasteiger partial charge is 0.480 e. The summed E-state index contributed by atoms with van der Waals surface area (Å²) < 4.78 is 57.1. The van der Waals surface area contributed by atoms with Gasteiger partial charge in [-0.05, 0) is 0 Å². The van der Waals surface area contributed by atoms with Crippen LogP contribution >= 0.6 is 0 Å². The van der Waals surface area contributed by atoms with Crippen LogP contribution in [0, 0.1) is 0 Å². The molecular formula is C5H10O8S2. The molecule has 0 aromatic rings. The van der Waals surface area contributed by atoms with Crippen molar-refractivity contribution in [2.24, 2.45) is 0 Å². The molecule has 0 aliphatic heterocycles. The van der Waals surface area contributed by atoms with Gasteiger partial charge >= 0.3 is 5.97 Å². The Morgan fingerprint density at radius 3 is 1.53 bits per heavy atom. The summed E-state index contributed by atoms with van der Waals surface area (Å²) >= 11 is 0. The van der Waals surface area contributed by atoms with E-state index < -0.39 is 37.2 Å². The van der Waals surface area contributed by atoms with Gasteiger partial charge in [-0.3, -0.25) is 13.9 Å². The maximum absolute atomic E-state index is 10.2. The molecule has 1 atom stereocenters. The van der Waals surface area contributed by atoms with E-state index in [0.29, 0.717) is 0 Å². The van der Waals surface area contributed by atoms with Gasteiger partial charge in [0, 0.05) is 0 Å². The second-order valence-corrected chi connectivity index (χ2v) is 5.19. The molecule has 1 unspecified atom stereocenters. The van der Waals surface area contributed by atoms with Crippen LogP contribution in [-0.4, -0.2) is 48.0 Å². The Labute approximate surface area is 86.7 Å². The molecule has 90 valence electrons. The fourth-order valence-electron chi connectivity index (χ4n) is 0.476. The maximum atomic E-state index is 10.2. The second-order valence-electron chi connectivity index (χ2n) is 2.09. The van der Waals surface area contributed by atoms with E-state index in [1.807, 2.05) is 0 Å². The van der Waals surface area contributed by atoms with E-state index in [2.05, 4.69) is 13.2 Å². The van der Waals surface area contributed by atoms with Gasteiger partial charge in [0.2, 0.25) is 0 Å². The van der Waals surface area contributed by atoms with Crippen molar-refractivity contribution in [2.45, 2.75) is 5.25 Å². The molecule has 0 aliphatic rings. The minimum atomic E-state index is -5.04. The van der Waals surface area contributed by atoms with Crippen LogP contribution in [0.1, 0.15) is 0 Å². The zero-order chi connectivity index (χ0) is 12.9. The van der Waals surface area contributed by atoms with Crippen LogP contribution in [0.3, 0.4) is 0 Å². The second kappa shape index (κ2) is 5.80. The summed E-state index contributed by atoms with van der Waals surface area (Å²) in [5, 5.41) is 5.59. The van der Waals surface area contributed by atoms with Gasteiger partial charge in [0.25, 0.3) is 20.2 Å². The first-order valence-corrected chi connectivity index (χ1v) is 6.29. The van der Waals surface area contributed by atoms with E-state index in [0.717, 1.165) is 0 Å². The highest BCUT2D eigenvalue weighted by atomic mass is 32.2. The van der Waals surface area contributed by atoms with Gasteiger partial charge < -0.3 is 5.11 Å². The first-order chi connectivity index (χ1) is 6.54. The molecule has 0 spiro atoms. The molecule has 8 nitrogen and oxygen atoms in total. The van der Waals surface area contributed by atoms with Crippen molar-refractivity contribution < 1.29 is 35.8 Å². The summed E-state index contributed by atoms with van der Waals surface area (Å²) in [4.78, 5) is 10.1. The van der Waals surface area contributed by atoms with Crippen LogP contribution in [0.2, 0.25) is 0 Å². The van der Waals surface area contributed by atoms with Gasteiger partial charge in [0.05, 0.1) is 0 Å². The number of carboxylic acids is 1. The Balaban J connectivity index is 0. The summed E-state index contributed by atoms with van der Waals surface area (Å²) in [6.07, 6.45) is 0. The highest BCUT2D eigenvalue weighted by Gasteiger charge is 2.35. The third-order valence-electron chi connectivity index (χ3n) is 0.997. The monoisotopic (exact) mass is 262 g/mol. The Morgan fingerprint density at radius 1 is 1.13 bits per heavy atom. The fraction of sp³-hybridized carbons (Fsp3) is 0.400. The zero-order valence-corrected chi connectivity index (χ0v) is 9.03. The number of hydrogen-bond acceptors (Lipinski definition) is 5. The molecule has 0 aliphatic carbocycles. The molecule has 10 heteroatoms. The molecule has 0 aromatic heterocycles. The van der Waals surface area contributed by atoms with Crippen LogP contribution in [0.15, 0.2) is 13.2 Å². The van der Waals surface area contributed by atoms with Crippen LogP contribution < -0.4 is 0 Å². The molecular weight excluding hydrogens is 252 g/mol. The molecule has 0 heterocycles. The third kappa shape index (κ3) is 8.05. The molecule has 0 rings (SSSR count). The predicted molar refractivity (Wildman–Crippen MR) is 50.6 cm³/mol. The third-order valence-corrected chi connectivity index (χ3v) is 3.05. The highest BCUT2D eigenvalue weighted by Crippen LogP contribution is 2.02. The van der Waals surface area contributed by atoms with Crippen molar-refractivity contribution in [3.8, 4) is 0 Å². The minimum Gasteiger partial charge on any atom is -0.480 e. The zero-order valence-electron chi connectivity index (χ0n) is 7.40. The van der Waals surface area contributed by atoms with E-state index in [-0.39, 0.29) is 0 Å². The van der Waals surface area contributed by atoms with Crippen molar-refractivity contribution in [3.63, 3.8) is 0 Å². The first kappa shape index (κ1) is 16.5. The van der Waals surface area contributed by atoms with Crippen molar-refractivity contribution in [2.75, 3.05) is 5.75 Å². The lowest BCUT2D eigenvalue weighted by molar-refractivity contribution is -0.136. The Hall–Kier alpha value is -0.970. The summed E-state index contributed by atoms with van der Waals surface area (Å²) in [7, 11) is -9.81. The van der Waals surface area contributed by atoms with E-state index in [1.165, 1.54) is 0 Å². The molecule has 0 saturated heterocycles. The average Bonchev–Trinajstić information content (AvgIpc) is 2.00. The van der Waals surface area contributed by atoms with E-state index in [9.17, 15) is 21.6 Å². The van der Waals surface area contributed by atoms with Crippen molar-refractivity contribution in [1.82, 2.24) is 0 Å². The lowest BCUT2D eigenvalue weighted by atomic mass is 10.5. The van der Waals surface area contributed by atoms with Crippen molar-refractivity contribution in [3.05, 3.63) is 13.2 Å². The van der Waals surface area contributed by atoms with Crippen LogP contribution in [-0.2, 0) is 25.0 Å². The smallest absolute Gasteiger partial charge is 0.325 e. The number of carboxylic acid groups (broad SMARTS) is 1. The molecule has 3 N–H and O–H groups in total. The lowest BCUT2D eigenvalue weighted by Gasteiger charge is -2.05. The Morgan fingerprint density at radius 2 is 1.47 bits per heavy atom. The maximum Gasteiger partial charge on any atom is 0.325 e. The predicted octanol–water partition coefficient (Wildman–Crippen LogP) is -0.983. The molecule has 0 fully saturated rings. The normalized spacial score (nSPS) is 13.5. The quantitative estimate of drug-likeness (QED) is 0.432. The summed E-state index contributed by atoms with van der Waals surface area (Å²) in [5.41, 5.74) is 0. The number of rotatable bonds is 4. The molecule has 0 bridgehead atoms. The number of aliphatic carboxylic acids is 1. The SMILES string of the molecule is C=C.O=C(O)C(CS(=O)(=O)O)S(=O)(=O)O. The standard InChI is InChI=1S/C3H6O8S2.C2H4/c4-3(5)2(13(9,10)11)1-12(6,7)8;1-2/h2H,1H2,(H,4,5)(H,6,7,8)(H,9,10,11);1-2H2. The highest BCUT2D eigenvalue weighted by molar-refractivity contribution is 7.90. The van der Waals surface area contributed by atoms with Crippen molar-refractivity contribution in [1.29, 1.82) is 0 Å². The van der Waals surface area contributed by atoms with Gasteiger partial charge in [0.15, 0.2) is 5.25 Å². The molecule has 0 aromatic carbocycles.